The Morgan fingerprint density at radius 3 is 2.96 bits per heavy atom. The van der Waals surface area contributed by atoms with E-state index in [9.17, 15) is 9.59 Å². The fourth-order valence-corrected chi connectivity index (χ4v) is 3.03. The topological polar surface area (TPSA) is 73.5 Å². The number of aromatic nitrogens is 1. The van der Waals surface area contributed by atoms with E-state index in [1.54, 1.807) is 25.2 Å². The summed E-state index contributed by atoms with van der Waals surface area (Å²) in [5.41, 5.74) is 3.71. The summed E-state index contributed by atoms with van der Waals surface area (Å²) in [4.78, 5) is 24.2. The zero-order valence-corrected chi connectivity index (χ0v) is 13.1. The number of ether oxygens (including phenoxy) is 1. The maximum Gasteiger partial charge on any atom is 0.419 e. The highest BCUT2D eigenvalue weighted by atomic mass is 16.5. The quantitative estimate of drug-likeness (QED) is 0.785. The Kier molecular flexibility index (Phi) is 3.46. The molecule has 0 radical (unpaired) electrons. The average molecular weight is 324 g/mol. The van der Waals surface area contributed by atoms with Crippen molar-refractivity contribution < 1.29 is 13.9 Å². The van der Waals surface area contributed by atoms with Crippen LogP contribution in [0.3, 0.4) is 0 Å². The second-order valence-corrected chi connectivity index (χ2v) is 5.80. The molecule has 1 aliphatic heterocycles. The molecule has 0 aliphatic carbocycles. The van der Waals surface area contributed by atoms with Crippen molar-refractivity contribution in [3.05, 3.63) is 64.1 Å². The lowest BCUT2D eigenvalue weighted by Gasteiger charge is -2.25. The molecule has 0 saturated carbocycles. The molecule has 1 aromatic heterocycles. The molecule has 4 rings (SSSR count). The molecule has 6 nitrogen and oxygen atoms in total. The molecule has 3 aromatic rings. The Labute approximate surface area is 137 Å². The van der Waals surface area contributed by atoms with Crippen molar-refractivity contribution >= 4 is 22.7 Å². The Morgan fingerprint density at radius 2 is 2.08 bits per heavy atom. The number of hydrogen-bond acceptors (Lipinski definition) is 4. The van der Waals surface area contributed by atoms with Crippen molar-refractivity contribution in [2.75, 3.05) is 11.9 Å². The van der Waals surface area contributed by atoms with E-state index in [0.29, 0.717) is 23.4 Å². The Morgan fingerprint density at radius 1 is 1.25 bits per heavy atom. The fraction of sp³-hybridized carbons (Fsp3) is 0.222. The first-order valence-corrected chi connectivity index (χ1v) is 7.73. The summed E-state index contributed by atoms with van der Waals surface area (Å²) in [6, 6.07) is 12.9. The highest BCUT2D eigenvalue weighted by Crippen LogP contribution is 2.28. The Bertz CT molecular complexity index is 986. The number of nitrogens with one attached hydrogen (secondary N) is 1. The largest absolute Gasteiger partial charge is 0.419 e. The average Bonchev–Trinajstić information content (AvgIpc) is 2.88. The Balaban J connectivity index is 1.62. The van der Waals surface area contributed by atoms with Crippen LogP contribution in [0.15, 0.2) is 51.7 Å². The summed E-state index contributed by atoms with van der Waals surface area (Å²) in [5.74, 6) is -0.669. The normalized spacial score (nSPS) is 16.8. The van der Waals surface area contributed by atoms with Crippen LogP contribution < -0.4 is 11.1 Å². The van der Waals surface area contributed by atoms with E-state index in [4.69, 9.17) is 9.15 Å². The second-order valence-electron chi connectivity index (χ2n) is 5.80. The summed E-state index contributed by atoms with van der Waals surface area (Å²) >= 11 is 0. The van der Waals surface area contributed by atoms with Gasteiger partial charge in [0.05, 0.1) is 12.1 Å². The van der Waals surface area contributed by atoms with Gasteiger partial charge in [0.2, 0.25) is 0 Å². The van der Waals surface area contributed by atoms with E-state index >= 15 is 0 Å². The monoisotopic (exact) mass is 324 g/mol. The predicted octanol–water partition coefficient (Wildman–Crippen LogP) is 2.38. The molecule has 0 spiro atoms. The van der Waals surface area contributed by atoms with Crippen molar-refractivity contribution in [1.29, 1.82) is 0 Å². The molecule has 1 atom stereocenters. The van der Waals surface area contributed by atoms with Gasteiger partial charge < -0.3 is 14.5 Å². The fourth-order valence-electron chi connectivity index (χ4n) is 3.03. The lowest BCUT2D eigenvalue weighted by atomic mass is 9.97. The number of oxazole rings is 1. The zero-order valence-electron chi connectivity index (χ0n) is 13.1. The molecule has 0 saturated heterocycles. The van der Waals surface area contributed by atoms with Gasteiger partial charge in [0.25, 0.3) is 5.91 Å². The van der Waals surface area contributed by atoms with Crippen LogP contribution >= 0.6 is 0 Å². The molecule has 1 aliphatic rings. The molecule has 122 valence electrons. The lowest BCUT2D eigenvalue weighted by molar-refractivity contribution is -0.128. The van der Waals surface area contributed by atoms with Gasteiger partial charge in [0.15, 0.2) is 11.7 Å². The molecule has 1 unspecified atom stereocenters. The molecule has 6 heteroatoms. The highest BCUT2D eigenvalue weighted by Gasteiger charge is 2.27. The SMILES string of the molecule is Cn1c(=O)oc2cc(NC(=O)C3OCCc4ccccc43)ccc21. The number of hydrogen-bond donors (Lipinski definition) is 1. The number of amides is 1. The van der Waals surface area contributed by atoms with Crippen molar-refractivity contribution in [2.45, 2.75) is 12.5 Å². The van der Waals surface area contributed by atoms with Crippen LogP contribution in [-0.4, -0.2) is 17.1 Å². The van der Waals surface area contributed by atoms with Gasteiger partial charge in [-0.25, -0.2) is 4.79 Å². The van der Waals surface area contributed by atoms with Gasteiger partial charge in [-0.05, 0) is 29.7 Å². The van der Waals surface area contributed by atoms with E-state index in [-0.39, 0.29) is 5.91 Å². The first-order chi connectivity index (χ1) is 11.6. The number of carbonyl (C=O) groups excluding carboxylic acids is 1. The second kappa shape index (κ2) is 5.65. The zero-order chi connectivity index (χ0) is 16.7. The van der Waals surface area contributed by atoms with E-state index in [2.05, 4.69) is 5.32 Å². The lowest BCUT2D eigenvalue weighted by Crippen LogP contribution is -2.28. The molecular weight excluding hydrogens is 308 g/mol. The molecular formula is C18H16N2O4. The van der Waals surface area contributed by atoms with Crippen molar-refractivity contribution in [2.24, 2.45) is 7.05 Å². The number of benzene rings is 2. The number of anilines is 1. The summed E-state index contributed by atoms with van der Waals surface area (Å²) in [6.07, 6.45) is 0.176. The maximum atomic E-state index is 12.6. The van der Waals surface area contributed by atoms with Crippen LogP contribution in [0.5, 0.6) is 0 Å². The van der Waals surface area contributed by atoms with Gasteiger partial charge in [-0.2, -0.15) is 0 Å². The maximum absolute atomic E-state index is 12.6. The van der Waals surface area contributed by atoms with Gasteiger partial charge in [0.1, 0.15) is 0 Å². The summed E-state index contributed by atoms with van der Waals surface area (Å²) in [6.45, 7) is 0.516. The molecule has 0 fully saturated rings. The smallest absolute Gasteiger partial charge is 0.408 e. The number of fused-ring (bicyclic) bond motifs is 2. The highest BCUT2D eigenvalue weighted by molar-refractivity contribution is 5.96. The van der Waals surface area contributed by atoms with Gasteiger partial charge in [-0.15, -0.1) is 0 Å². The minimum absolute atomic E-state index is 0.236. The number of nitrogens with zero attached hydrogens (tertiary/aromatic N) is 1. The van der Waals surface area contributed by atoms with E-state index in [0.717, 1.165) is 17.5 Å². The summed E-state index contributed by atoms with van der Waals surface area (Å²) in [7, 11) is 1.64. The predicted molar refractivity (Wildman–Crippen MR) is 88.9 cm³/mol. The van der Waals surface area contributed by atoms with Crippen LogP contribution in [0.2, 0.25) is 0 Å². The van der Waals surface area contributed by atoms with Crippen molar-refractivity contribution in [3.8, 4) is 0 Å². The minimum atomic E-state index is -0.631. The number of rotatable bonds is 2. The molecule has 2 aromatic carbocycles. The van der Waals surface area contributed by atoms with Crippen LogP contribution in [0.1, 0.15) is 17.2 Å². The van der Waals surface area contributed by atoms with Crippen LogP contribution in [0.4, 0.5) is 5.69 Å². The molecule has 1 amide bonds. The van der Waals surface area contributed by atoms with Crippen LogP contribution in [-0.2, 0) is 23.0 Å². The molecule has 0 bridgehead atoms. The van der Waals surface area contributed by atoms with Crippen LogP contribution in [0.25, 0.3) is 11.1 Å². The Hall–Kier alpha value is -2.86. The number of aryl methyl sites for hydroxylation is 1. The van der Waals surface area contributed by atoms with E-state index < -0.39 is 11.9 Å². The van der Waals surface area contributed by atoms with Gasteiger partial charge in [-0.1, -0.05) is 24.3 Å². The minimum Gasteiger partial charge on any atom is -0.408 e. The first kappa shape index (κ1) is 14.7. The third-order valence-corrected chi connectivity index (χ3v) is 4.29. The van der Waals surface area contributed by atoms with Crippen molar-refractivity contribution in [3.63, 3.8) is 0 Å². The van der Waals surface area contributed by atoms with Crippen LogP contribution in [0, 0.1) is 0 Å². The van der Waals surface area contributed by atoms with Gasteiger partial charge in [-0.3, -0.25) is 9.36 Å². The van der Waals surface area contributed by atoms with E-state index in [1.165, 1.54) is 4.57 Å². The van der Waals surface area contributed by atoms with E-state index in [1.807, 2.05) is 24.3 Å². The van der Waals surface area contributed by atoms with Gasteiger partial charge in [0, 0.05) is 18.8 Å². The summed E-state index contributed by atoms with van der Waals surface area (Å²) < 4.78 is 12.2. The third-order valence-electron chi connectivity index (χ3n) is 4.29. The number of carbonyl (C=O) groups is 1. The molecule has 1 N–H and O–H groups in total. The molecule has 24 heavy (non-hydrogen) atoms. The van der Waals surface area contributed by atoms with Crippen molar-refractivity contribution in [1.82, 2.24) is 4.57 Å². The first-order valence-electron chi connectivity index (χ1n) is 7.73. The molecule has 2 heterocycles. The van der Waals surface area contributed by atoms with Gasteiger partial charge >= 0.3 is 5.76 Å². The third kappa shape index (κ3) is 2.41. The summed E-state index contributed by atoms with van der Waals surface area (Å²) in [5, 5.41) is 2.84. The standard InChI is InChI=1S/C18H16N2O4/c1-20-14-7-6-12(10-15(14)24-18(20)22)19-17(21)16-13-5-3-2-4-11(13)8-9-23-16/h2-7,10,16H,8-9H2,1H3,(H,19,21).